The van der Waals surface area contributed by atoms with E-state index in [9.17, 15) is 14.7 Å². The van der Waals surface area contributed by atoms with Gasteiger partial charge in [0, 0.05) is 41.5 Å². The lowest BCUT2D eigenvalue weighted by molar-refractivity contribution is -0.136. The van der Waals surface area contributed by atoms with Crippen LogP contribution in [0.25, 0.3) is 22.0 Å². The molecule has 146 valence electrons. The third kappa shape index (κ3) is 3.57. The molecule has 0 fully saturated rings. The first kappa shape index (κ1) is 19.0. The van der Waals surface area contributed by atoms with Crippen molar-refractivity contribution in [3.05, 3.63) is 93.5 Å². The van der Waals surface area contributed by atoms with Crippen LogP contribution in [0.3, 0.4) is 0 Å². The summed E-state index contributed by atoms with van der Waals surface area (Å²) in [6.45, 7) is 0.553. The molecule has 0 aliphatic carbocycles. The van der Waals surface area contributed by atoms with Crippen molar-refractivity contribution in [2.45, 2.75) is 13.0 Å². The number of halogens is 1. The van der Waals surface area contributed by atoms with Crippen molar-refractivity contribution in [1.82, 2.24) is 9.13 Å². The molecule has 2 aromatic heterocycles. The zero-order valence-corrected chi connectivity index (χ0v) is 16.6. The van der Waals surface area contributed by atoms with Gasteiger partial charge in [-0.2, -0.15) is 0 Å². The first-order valence-corrected chi connectivity index (χ1v) is 9.56. The topological polar surface area (TPSA) is 64.2 Å². The predicted octanol–water partition coefficient (Wildman–Crippen LogP) is 4.34. The van der Waals surface area contributed by atoms with E-state index in [4.69, 9.17) is 11.6 Å². The zero-order chi connectivity index (χ0) is 20.5. The highest BCUT2D eigenvalue weighted by molar-refractivity contribution is 6.30. The fourth-order valence-electron chi connectivity index (χ4n) is 3.72. The summed E-state index contributed by atoms with van der Waals surface area (Å²) >= 11 is 6.04. The van der Waals surface area contributed by atoms with Crippen LogP contribution in [-0.2, 0) is 24.8 Å². The van der Waals surface area contributed by atoms with Gasteiger partial charge in [0.05, 0.1) is 6.42 Å². The van der Waals surface area contributed by atoms with Gasteiger partial charge in [0.15, 0.2) is 0 Å². The minimum atomic E-state index is -0.988. The molecular weight excluding hydrogens is 388 g/mol. The number of aliphatic carboxylic acids is 1. The molecular formula is C23H19ClN2O3. The molecule has 2 aromatic carbocycles. The largest absolute Gasteiger partial charge is 0.481 e. The number of aromatic nitrogens is 2. The van der Waals surface area contributed by atoms with Gasteiger partial charge in [-0.1, -0.05) is 54.1 Å². The summed E-state index contributed by atoms with van der Waals surface area (Å²) in [5.74, 6) is -0.988. The summed E-state index contributed by atoms with van der Waals surface area (Å²) < 4.78 is 3.36. The van der Waals surface area contributed by atoms with Gasteiger partial charge in [-0.3, -0.25) is 9.59 Å². The number of nitrogens with zero attached hydrogens (tertiary/aromatic N) is 2. The Kier molecular flexibility index (Phi) is 4.99. The number of pyridine rings is 1. The molecule has 4 rings (SSSR count). The first-order valence-electron chi connectivity index (χ1n) is 9.18. The van der Waals surface area contributed by atoms with Crippen molar-refractivity contribution in [2.75, 3.05) is 0 Å². The van der Waals surface area contributed by atoms with Crippen LogP contribution >= 0.6 is 11.6 Å². The van der Waals surface area contributed by atoms with Gasteiger partial charge in [0.2, 0.25) is 0 Å². The maximum absolute atomic E-state index is 13.2. The van der Waals surface area contributed by atoms with Crippen LogP contribution in [0.1, 0.15) is 11.3 Å². The smallest absolute Gasteiger partial charge is 0.309 e. The maximum Gasteiger partial charge on any atom is 0.309 e. The highest BCUT2D eigenvalue weighted by Crippen LogP contribution is 2.32. The van der Waals surface area contributed by atoms with E-state index in [0.29, 0.717) is 22.8 Å². The van der Waals surface area contributed by atoms with Crippen molar-refractivity contribution in [2.24, 2.45) is 7.05 Å². The summed E-state index contributed by atoms with van der Waals surface area (Å²) in [5.41, 5.74) is 3.45. The van der Waals surface area contributed by atoms with Crippen LogP contribution in [0.2, 0.25) is 5.02 Å². The Balaban J connectivity index is 2.00. The Bertz CT molecular complexity index is 1260. The van der Waals surface area contributed by atoms with E-state index in [2.05, 4.69) is 0 Å². The van der Waals surface area contributed by atoms with Crippen LogP contribution in [-0.4, -0.2) is 20.2 Å². The standard InChI is InChI=1S/C23H19ClN2O3/c1-25-19(13-20(27)28)21(16-7-9-17(24)10-8-16)18-11-12-26(22(18)23(25)29)14-15-5-3-2-4-6-15/h2-12H,13-14H2,1H3,(H,27,28). The molecule has 0 spiro atoms. The van der Waals surface area contributed by atoms with Crippen LogP contribution in [0.4, 0.5) is 0 Å². The number of carboxylic acids is 1. The zero-order valence-electron chi connectivity index (χ0n) is 15.8. The quantitative estimate of drug-likeness (QED) is 0.536. The van der Waals surface area contributed by atoms with Gasteiger partial charge in [-0.05, 0) is 29.3 Å². The number of benzene rings is 2. The molecule has 0 radical (unpaired) electrons. The lowest BCUT2D eigenvalue weighted by Gasteiger charge is -2.16. The molecule has 0 saturated heterocycles. The molecule has 0 atom stereocenters. The van der Waals surface area contributed by atoms with Crippen LogP contribution < -0.4 is 5.56 Å². The normalized spacial score (nSPS) is 11.1. The summed E-state index contributed by atoms with van der Waals surface area (Å²) in [5, 5.41) is 10.8. The highest BCUT2D eigenvalue weighted by Gasteiger charge is 2.21. The van der Waals surface area contributed by atoms with E-state index < -0.39 is 5.97 Å². The molecule has 2 heterocycles. The van der Waals surface area contributed by atoms with E-state index in [1.165, 1.54) is 4.57 Å². The molecule has 6 heteroatoms. The Morgan fingerprint density at radius 1 is 1.03 bits per heavy atom. The van der Waals surface area contributed by atoms with Crippen LogP contribution in [0, 0.1) is 0 Å². The first-order chi connectivity index (χ1) is 14.0. The summed E-state index contributed by atoms with van der Waals surface area (Å²) in [4.78, 5) is 24.7. The van der Waals surface area contributed by atoms with Gasteiger partial charge in [-0.15, -0.1) is 0 Å². The molecule has 0 unspecified atom stereocenters. The molecule has 5 nitrogen and oxygen atoms in total. The molecule has 0 amide bonds. The van der Waals surface area contributed by atoms with Crippen molar-refractivity contribution < 1.29 is 9.90 Å². The molecule has 4 aromatic rings. The average molecular weight is 407 g/mol. The van der Waals surface area contributed by atoms with E-state index in [0.717, 1.165) is 22.1 Å². The maximum atomic E-state index is 13.2. The van der Waals surface area contributed by atoms with Crippen molar-refractivity contribution in [1.29, 1.82) is 0 Å². The van der Waals surface area contributed by atoms with Crippen LogP contribution in [0.5, 0.6) is 0 Å². The van der Waals surface area contributed by atoms with E-state index in [1.807, 2.05) is 59.3 Å². The fourth-order valence-corrected chi connectivity index (χ4v) is 3.84. The van der Waals surface area contributed by atoms with E-state index in [1.54, 1.807) is 19.2 Å². The Hall–Kier alpha value is -3.31. The van der Waals surface area contributed by atoms with Gasteiger partial charge in [-0.25, -0.2) is 0 Å². The number of hydrogen-bond acceptors (Lipinski definition) is 2. The number of hydrogen-bond donors (Lipinski definition) is 1. The fraction of sp³-hybridized carbons (Fsp3) is 0.130. The molecule has 0 bridgehead atoms. The highest BCUT2D eigenvalue weighted by atomic mass is 35.5. The van der Waals surface area contributed by atoms with Gasteiger partial charge in [0.1, 0.15) is 5.52 Å². The van der Waals surface area contributed by atoms with Crippen molar-refractivity contribution in [3.63, 3.8) is 0 Å². The second kappa shape index (κ2) is 7.60. The lowest BCUT2D eigenvalue weighted by Crippen LogP contribution is -2.25. The third-order valence-corrected chi connectivity index (χ3v) is 5.33. The van der Waals surface area contributed by atoms with Gasteiger partial charge >= 0.3 is 5.97 Å². The minimum Gasteiger partial charge on any atom is -0.481 e. The van der Waals surface area contributed by atoms with Crippen LogP contribution in [0.15, 0.2) is 71.7 Å². The second-order valence-corrected chi connectivity index (χ2v) is 7.39. The summed E-state index contributed by atoms with van der Waals surface area (Å²) in [6.07, 6.45) is 1.63. The van der Waals surface area contributed by atoms with E-state index >= 15 is 0 Å². The van der Waals surface area contributed by atoms with Gasteiger partial charge in [0.25, 0.3) is 5.56 Å². The number of rotatable bonds is 5. The molecule has 0 aliphatic rings. The van der Waals surface area contributed by atoms with Crippen molar-refractivity contribution >= 4 is 28.5 Å². The number of carboxylic acid groups (broad SMARTS) is 1. The van der Waals surface area contributed by atoms with Gasteiger partial charge < -0.3 is 14.2 Å². The molecule has 0 aliphatic heterocycles. The molecule has 29 heavy (non-hydrogen) atoms. The number of fused-ring (bicyclic) bond motifs is 1. The SMILES string of the molecule is Cn1c(CC(=O)O)c(-c2ccc(Cl)cc2)c2ccn(Cc3ccccc3)c2c1=O. The Morgan fingerprint density at radius 3 is 2.38 bits per heavy atom. The third-order valence-electron chi connectivity index (χ3n) is 5.08. The predicted molar refractivity (Wildman–Crippen MR) is 115 cm³/mol. The second-order valence-electron chi connectivity index (χ2n) is 6.95. The number of carbonyl (C=O) groups is 1. The minimum absolute atomic E-state index is 0.213. The molecule has 0 saturated carbocycles. The lowest BCUT2D eigenvalue weighted by atomic mass is 9.98. The summed E-state index contributed by atoms with van der Waals surface area (Å²) in [7, 11) is 1.62. The Morgan fingerprint density at radius 2 is 1.72 bits per heavy atom. The molecule has 1 N–H and O–H groups in total. The Labute approximate surface area is 172 Å². The van der Waals surface area contributed by atoms with E-state index in [-0.39, 0.29) is 12.0 Å². The monoisotopic (exact) mass is 406 g/mol. The summed E-state index contributed by atoms with van der Waals surface area (Å²) in [6, 6.07) is 19.0. The van der Waals surface area contributed by atoms with Crippen molar-refractivity contribution in [3.8, 4) is 11.1 Å². The average Bonchev–Trinajstić information content (AvgIpc) is 3.11.